The normalized spacial score (nSPS) is 38.0. The molecule has 0 aromatic heterocycles. The van der Waals surface area contributed by atoms with Gasteiger partial charge >= 0.3 is 11.9 Å². The fourth-order valence-corrected chi connectivity index (χ4v) is 4.17. The van der Waals surface area contributed by atoms with Crippen LogP contribution in [0.15, 0.2) is 24.3 Å². The lowest BCUT2D eigenvalue weighted by Crippen LogP contribution is -2.41. The number of carbonyl (C=O) groups excluding carboxylic acids is 2. The Bertz CT molecular complexity index is 731. The molecule has 8 heteroatoms. The standard InChI is InChI=1S/C23H34O8/c1-14(28-20(26)15(2)16(3)25)8-6-5-7-9-17-10-11-23(30-17)12-18-19(31-23)22(4,13-24)21(27)29-18/h5-7,9,14-19,24-25H,8,10-13H2,1-4H3/b6-5-,9-7+/t14-,15+,16-,17+,18+,19-,22+,23+/m0/s1. The molecule has 0 amide bonds. The van der Waals surface area contributed by atoms with Gasteiger partial charge in [-0.1, -0.05) is 24.3 Å². The van der Waals surface area contributed by atoms with Crippen molar-refractivity contribution in [2.75, 3.05) is 6.61 Å². The Kier molecular flexibility index (Phi) is 7.25. The van der Waals surface area contributed by atoms with Crippen molar-refractivity contribution < 1.29 is 38.7 Å². The van der Waals surface area contributed by atoms with Gasteiger partial charge in [0.15, 0.2) is 5.79 Å². The van der Waals surface area contributed by atoms with Crippen LogP contribution < -0.4 is 0 Å². The van der Waals surface area contributed by atoms with Crippen molar-refractivity contribution in [1.29, 1.82) is 0 Å². The summed E-state index contributed by atoms with van der Waals surface area (Å²) in [7, 11) is 0. The number of carbonyl (C=O) groups is 2. The maximum atomic E-state index is 12.0. The average molecular weight is 439 g/mol. The number of hydrogen-bond donors (Lipinski definition) is 2. The molecule has 0 unspecified atom stereocenters. The van der Waals surface area contributed by atoms with E-state index in [4.69, 9.17) is 18.9 Å². The lowest BCUT2D eigenvalue weighted by molar-refractivity contribution is -0.226. The highest BCUT2D eigenvalue weighted by atomic mass is 16.7. The van der Waals surface area contributed by atoms with E-state index in [0.717, 1.165) is 6.42 Å². The molecule has 3 aliphatic rings. The lowest BCUT2D eigenvalue weighted by Gasteiger charge is -2.29. The molecule has 174 valence electrons. The molecule has 0 radical (unpaired) electrons. The number of esters is 2. The fourth-order valence-electron chi connectivity index (χ4n) is 4.17. The van der Waals surface area contributed by atoms with Gasteiger partial charge in [-0.05, 0) is 34.1 Å². The van der Waals surface area contributed by atoms with E-state index < -0.39 is 41.3 Å². The quantitative estimate of drug-likeness (QED) is 0.437. The second kappa shape index (κ2) is 9.40. The highest BCUT2D eigenvalue weighted by Crippen LogP contribution is 2.51. The van der Waals surface area contributed by atoms with E-state index in [-0.39, 0.29) is 24.9 Å². The number of rotatable bonds is 8. The summed E-state index contributed by atoms with van der Waals surface area (Å²) >= 11 is 0. The molecular formula is C23H34O8. The predicted octanol–water partition coefficient (Wildman–Crippen LogP) is 2.03. The number of aliphatic hydroxyl groups is 2. The first-order valence-electron chi connectivity index (χ1n) is 11.0. The molecule has 3 aliphatic heterocycles. The minimum atomic E-state index is -1.04. The van der Waals surface area contributed by atoms with Gasteiger partial charge in [0.2, 0.25) is 0 Å². The van der Waals surface area contributed by atoms with Crippen molar-refractivity contribution in [3.63, 3.8) is 0 Å². The van der Waals surface area contributed by atoms with Crippen LogP contribution in [0, 0.1) is 11.3 Å². The summed E-state index contributed by atoms with van der Waals surface area (Å²) in [4.78, 5) is 23.9. The first-order chi connectivity index (χ1) is 14.6. The van der Waals surface area contributed by atoms with Crippen LogP contribution in [0.2, 0.25) is 0 Å². The molecule has 31 heavy (non-hydrogen) atoms. The van der Waals surface area contributed by atoms with Gasteiger partial charge in [0.25, 0.3) is 0 Å². The van der Waals surface area contributed by atoms with Gasteiger partial charge < -0.3 is 29.2 Å². The van der Waals surface area contributed by atoms with E-state index in [1.807, 2.05) is 31.2 Å². The molecule has 0 aromatic carbocycles. The Hall–Kier alpha value is -1.74. The second-order valence-corrected chi connectivity index (χ2v) is 9.19. The summed E-state index contributed by atoms with van der Waals surface area (Å²) in [5, 5.41) is 19.1. The molecule has 0 aromatic rings. The van der Waals surface area contributed by atoms with Crippen molar-refractivity contribution in [3.8, 4) is 0 Å². The van der Waals surface area contributed by atoms with Crippen molar-refractivity contribution in [1.82, 2.24) is 0 Å². The van der Waals surface area contributed by atoms with Crippen LogP contribution in [0.25, 0.3) is 0 Å². The van der Waals surface area contributed by atoms with Crippen LogP contribution in [-0.2, 0) is 28.5 Å². The maximum Gasteiger partial charge on any atom is 0.317 e. The third kappa shape index (κ3) is 5.03. The van der Waals surface area contributed by atoms with Crippen LogP contribution in [0.3, 0.4) is 0 Å². The summed E-state index contributed by atoms with van der Waals surface area (Å²) in [6, 6.07) is 0. The van der Waals surface area contributed by atoms with Crippen molar-refractivity contribution in [3.05, 3.63) is 24.3 Å². The van der Waals surface area contributed by atoms with Crippen molar-refractivity contribution >= 4 is 11.9 Å². The van der Waals surface area contributed by atoms with Crippen LogP contribution in [-0.4, -0.2) is 65.1 Å². The van der Waals surface area contributed by atoms with E-state index >= 15 is 0 Å². The molecule has 3 rings (SSSR count). The summed E-state index contributed by atoms with van der Waals surface area (Å²) in [6.07, 6.45) is 8.17. The second-order valence-electron chi connectivity index (χ2n) is 9.19. The van der Waals surface area contributed by atoms with E-state index in [9.17, 15) is 19.8 Å². The van der Waals surface area contributed by atoms with Crippen molar-refractivity contribution in [2.45, 2.75) is 89.7 Å². The molecule has 1 spiro atoms. The van der Waals surface area contributed by atoms with Crippen molar-refractivity contribution in [2.24, 2.45) is 11.3 Å². The highest BCUT2D eigenvalue weighted by Gasteiger charge is 2.64. The van der Waals surface area contributed by atoms with E-state index in [1.54, 1.807) is 20.8 Å². The van der Waals surface area contributed by atoms with E-state index in [1.165, 1.54) is 0 Å². The summed E-state index contributed by atoms with van der Waals surface area (Å²) in [5.41, 5.74) is -1.04. The summed E-state index contributed by atoms with van der Waals surface area (Å²) in [5.74, 6) is -2.14. The van der Waals surface area contributed by atoms with Gasteiger partial charge in [-0.15, -0.1) is 0 Å². The van der Waals surface area contributed by atoms with E-state index in [2.05, 4.69) is 0 Å². The Labute approximate surface area is 183 Å². The number of hydrogen-bond acceptors (Lipinski definition) is 8. The number of ether oxygens (including phenoxy) is 4. The number of allylic oxidation sites excluding steroid dienone is 2. The zero-order valence-corrected chi connectivity index (χ0v) is 18.7. The smallest absolute Gasteiger partial charge is 0.317 e. The van der Waals surface area contributed by atoms with Gasteiger partial charge in [0, 0.05) is 19.3 Å². The first-order valence-corrected chi connectivity index (χ1v) is 11.0. The lowest BCUT2D eigenvalue weighted by atomic mass is 9.85. The minimum absolute atomic E-state index is 0.110. The third-order valence-electron chi connectivity index (χ3n) is 6.50. The average Bonchev–Trinajstić information content (AvgIpc) is 3.35. The highest BCUT2D eigenvalue weighted by molar-refractivity contribution is 5.80. The van der Waals surface area contributed by atoms with Crippen LogP contribution in [0.5, 0.6) is 0 Å². The molecular weight excluding hydrogens is 404 g/mol. The SMILES string of the molecule is C[C@H](O)[C@@H](C)C(=O)O[C@@H](C)C/C=C\C=C\[C@@H]1CC[C@@]2(C[C@H]3OC(=O)[C@](C)(CO)[C@H]3O2)O1. The third-order valence-corrected chi connectivity index (χ3v) is 6.50. The van der Waals surface area contributed by atoms with Gasteiger partial charge in [0.1, 0.15) is 23.7 Å². The Balaban J connectivity index is 1.44. The summed E-state index contributed by atoms with van der Waals surface area (Å²) < 4.78 is 23.0. The summed E-state index contributed by atoms with van der Waals surface area (Å²) in [6.45, 7) is 6.37. The van der Waals surface area contributed by atoms with Crippen LogP contribution in [0.1, 0.15) is 53.4 Å². The monoisotopic (exact) mass is 438 g/mol. The Morgan fingerprint density at radius 2 is 2.03 bits per heavy atom. The Morgan fingerprint density at radius 1 is 1.29 bits per heavy atom. The topological polar surface area (TPSA) is 112 Å². The van der Waals surface area contributed by atoms with Gasteiger partial charge in [-0.2, -0.15) is 0 Å². The molecule has 8 nitrogen and oxygen atoms in total. The molecule has 0 saturated carbocycles. The number of aliphatic hydroxyl groups excluding tert-OH is 2. The fraction of sp³-hybridized carbons (Fsp3) is 0.739. The maximum absolute atomic E-state index is 12.0. The predicted molar refractivity (Wildman–Crippen MR) is 111 cm³/mol. The number of fused-ring (bicyclic) bond motifs is 1. The minimum Gasteiger partial charge on any atom is -0.462 e. The van der Waals surface area contributed by atoms with Gasteiger partial charge in [-0.25, -0.2) is 0 Å². The van der Waals surface area contributed by atoms with Gasteiger partial charge in [-0.3, -0.25) is 9.59 Å². The zero-order valence-electron chi connectivity index (χ0n) is 18.7. The molecule has 3 saturated heterocycles. The molecule has 2 N–H and O–H groups in total. The molecule has 3 fully saturated rings. The molecule has 3 heterocycles. The van der Waals surface area contributed by atoms with Crippen LogP contribution in [0.4, 0.5) is 0 Å². The zero-order chi connectivity index (χ0) is 22.8. The largest absolute Gasteiger partial charge is 0.462 e. The Morgan fingerprint density at radius 3 is 2.71 bits per heavy atom. The molecule has 0 aliphatic carbocycles. The van der Waals surface area contributed by atoms with E-state index in [0.29, 0.717) is 19.3 Å². The molecule has 8 atom stereocenters. The van der Waals surface area contributed by atoms with Gasteiger partial charge in [0.05, 0.1) is 24.7 Å². The molecule has 0 bridgehead atoms. The first kappa shape index (κ1) is 23.9. The van der Waals surface area contributed by atoms with Crippen LogP contribution >= 0.6 is 0 Å².